The summed E-state index contributed by atoms with van der Waals surface area (Å²) in [5.74, 6) is -0.963. The second kappa shape index (κ2) is 5.65. The monoisotopic (exact) mass is 274 g/mol. The Morgan fingerprint density at radius 3 is 2.30 bits per heavy atom. The first kappa shape index (κ1) is 14.6. The molecule has 1 N–H and O–H groups in total. The van der Waals surface area contributed by atoms with Gasteiger partial charge >= 0.3 is 11.8 Å². The maximum absolute atomic E-state index is 12.1. The van der Waals surface area contributed by atoms with Gasteiger partial charge in [0.05, 0.1) is 0 Å². The zero-order valence-corrected chi connectivity index (χ0v) is 12.4. The molecule has 1 fully saturated rings. The third kappa shape index (κ3) is 3.18. The van der Waals surface area contributed by atoms with E-state index in [0.29, 0.717) is 13.1 Å². The number of benzene rings is 1. The van der Waals surface area contributed by atoms with Crippen LogP contribution in [0.1, 0.15) is 39.2 Å². The fourth-order valence-corrected chi connectivity index (χ4v) is 2.49. The molecular formula is C16H22N2O2. The van der Waals surface area contributed by atoms with Gasteiger partial charge in [-0.05, 0) is 29.9 Å². The third-order valence-electron chi connectivity index (χ3n) is 3.57. The average Bonchev–Trinajstić information content (AvgIpc) is 2.91. The lowest BCUT2D eigenvalue weighted by atomic mass is 9.86. The molecule has 2 amide bonds. The predicted molar refractivity (Wildman–Crippen MR) is 79.6 cm³/mol. The number of nitrogens with zero attached hydrogens (tertiary/aromatic N) is 1. The van der Waals surface area contributed by atoms with Gasteiger partial charge in [0.2, 0.25) is 0 Å². The van der Waals surface area contributed by atoms with Gasteiger partial charge in [-0.2, -0.15) is 0 Å². The van der Waals surface area contributed by atoms with Crippen molar-refractivity contribution in [2.24, 2.45) is 0 Å². The lowest BCUT2D eigenvalue weighted by Crippen LogP contribution is -2.38. The van der Waals surface area contributed by atoms with Crippen LogP contribution in [-0.2, 0) is 15.0 Å². The van der Waals surface area contributed by atoms with E-state index in [2.05, 4.69) is 26.1 Å². The zero-order chi connectivity index (χ0) is 14.8. The highest BCUT2D eigenvalue weighted by atomic mass is 16.2. The molecule has 1 aliphatic rings. The number of hydrogen-bond acceptors (Lipinski definition) is 2. The summed E-state index contributed by atoms with van der Waals surface area (Å²) in [6, 6.07) is 7.63. The van der Waals surface area contributed by atoms with Gasteiger partial charge < -0.3 is 10.2 Å². The third-order valence-corrected chi connectivity index (χ3v) is 3.57. The van der Waals surface area contributed by atoms with E-state index >= 15 is 0 Å². The molecule has 4 heteroatoms. The van der Waals surface area contributed by atoms with Gasteiger partial charge in [0.1, 0.15) is 0 Å². The van der Waals surface area contributed by atoms with Crippen molar-refractivity contribution < 1.29 is 9.59 Å². The van der Waals surface area contributed by atoms with Crippen LogP contribution in [0.15, 0.2) is 24.3 Å². The van der Waals surface area contributed by atoms with Crippen molar-refractivity contribution in [3.05, 3.63) is 29.8 Å². The zero-order valence-electron chi connectivity index (χ0n) is 12.4. The van der Waals surface area contributed by atoms with Crippen molar-refractivity contribution in [2.45, 2.75) is 39.0 Å². The van der Waals surface area contributed by atoms with Crippen LogP contribution in [0.5, 0.6) is 0 Å². The van der Waals surface area contributed by atoms with Gasteiger partial charge in [0.25, 0.3) is 0 Å². The van der Waals surface area contributed by atoms with E-state index in [1.54, 1.807) is 4.90 Å². The van der Waals surface area contributed by atoms with E-state index < -0.39 is 11.8 Å². The molecule has 0 unspecified atom stereocenters. The van der Waals surface area contributed by atoms with Gasteiger partial charge in [-0.3, -0.25) is 9.59 Å². The van der Waals surface area contributed by atoms with Crippen LogP contribution < -0.4 is 5.32 Å². The fourth-order valence-electron chi connectivity index (χ4n) is 2.49. The molecule has 20 heavy (non-hydrogen) atoms. The molecule has 2 rings (SSSR count). The van der Waals surface area contributed by atoms with Crippen molar-refractivity contribution in [1.82, 2.24) is 4.90 Å². The standard InChI is InChI=1S/C16H22N2O2/c1-16(2,3)12-8-4-5-9-13(12)17-14(19)15(20)18-10-6-7-11-18/h4-5,8-9H,6-7,10-11H2,1-3H3,(H,17,19). The Hall–Kier alpha value is -1.84. The molecule has 0 bridgehead atoms. The molecule has 0 aliphatic carbocycles. The van der Waals surface area contributed by atoms with Crippen molar-refractivity contribution in [3.8, 4) is 0 Å². The van der Waals surface area contributed by atoms with Crippen molar-refractivity contribution in [1.29, 1.82) is 0 Å². The minimum absolute atomic E-state index is 0.0828. The van der Waals surface area contributed by atoms with Crippen LogP contribution >= 0.6 is 0 Å². The second-order valence-corrected chi connectivity index (χ2v) is 6.25. The minimum Gasteiger partial charge on any atom is -0.334 e. The van der Waals surface area contributed by atoms with Crippen LogP contribution in [0.3, 0.4) is 0 Å². The van der Waals surface area contributed by atoms with Gasteiger partial charge in [-0.1, -0.05) is 39.0 Å². The van der Waals surface area contributed by atoms with Crippen LogP contribution in [0.2, 0.25) is 0 Å². The number of para-hydroxylation sites is 1. The summed E-state index contributed by atoms with van der Waals surface area (Å²) < 4.78 is 0. The van der Waals surface area contributed by atoms with Crippen LogP contribution in [-0.4, -0.2) is 29.8 Å². The molecule has 4 nitrogen and oxygen atoms in total. The Balaban J connectivity index is 2.14. The molecule has 0 radical (unpaired) electrons. The lowest BCUT2D eigenvalue weighted by Gasteiger charge is -2.23. The number of nitrogens with one attached hydrogen (secondary N) is 1. The van der Waals surface area contributed by atoms with Crippen LogP contribution in [0.4, 0.5) is 5.69 Å². The van der Waals surface area contributed by atoms with E-state index in [4.69, 9.17) is 0 Å². The molecule has 1 saturated heterocycles. The predicted octanol–water partition coefficient (Wildman–Crippen LogP) is 2.55. The second-order valence-electron chi connectivity index (χ2n) is 6.25. The summed E-state index contributed by atoms with van der Waals surface area (Å²) in [6.07, 6.45) is 1.97. The Morgan fingerprint density at radius 2 is 1.70 bits per heavy atom. The lowest BCUT2D eigenvalue weighted by molar-refractivity contribution is -0.142. The summed E-state index contributed by atoms with van der Waals surface area (Å²) in [5, 5.41) is 2.76. The molecule has 0 aromatic heterocycles. The smallest absolute Gasteiger partial charge is 0.313 e. The molecule has 1 aliphatic heterocycles. The number of anilines is 1. The highest BCUT2D eigenvalue weighted by Crippen LogP contribution is 2.29. The molecule has 0 spiro atoms. The molecule has 1 aromatic carbocycles. The Labute approximate surface area is 120 Å². The van der Waals surface area contributed by atoms with E-state index in [-0.39, 0.29) is 5.41 Å². The summed E-state index contributed by atoms with van der Waals surface area (Å²) in [5.41, 5.74) is 1.67. The van der Waals surface area contributed by atoms with E-state index in [1.807, 2.05) is 24.3 Å². The quantitative estimate of drug-likeness (QED) is 0.800. The molecule has 1 heterocycles. The minimum atomic E-state index is -0.538. The Morgan fingerprint density at radius 1 is 1.10 bits per heavy atom. The number of likely N-dealkylation sites (tertiary alicyclic amines) is 1. The van der Waals surface area contributed by atoms with E-state index in [9.17, 15) is 9.59 Å². The number of amides is 2. The van der Waals surface area contributed by atoms with E-state index in [1.165, 1.54) is 0 Å². The summed E-state index contributed by atoms with van der Waals surface area (Å²) in [4.78, 5) is 25.7. The molecule has 108 valence electrons. The summed E-state index contributed by atoms with van der Waals surface area (Å²) in [6.45, 7) is 7.63. The molecule has 0 atom stereocenters. The van der Waals surface area contributed by atoms with Gasteiger partial charge in [0, 0.05) is 18.8 Å². The van der Waals surface area contributed by atoms with E-state index in [0.717, 1.165) is 24.1 Å². The van der Waals surface area contributed by atoms with Crippen molar-refractivity contribution in [2.75, 3.05) is 18.4 Å². The first-order valence-electron chi connectivity index (χ1n) is 7.09. The average molecular weight is 274 g/mol. The maximum atomic E-state index is 12.1. The summed E-state index contributed by atoms with van der Waals surface area (Å²) in [7, 11) is 0. The SMILES string of the molecule is CC(C)(C)c1ccccc1NC(=O)C(=O)N1CCCC1. The highest BCUT2D eigenvalue weighted by Gasteiger charge is 2.26. The maximum Gasteiger partial charge on any atom is 0.313 e. The molecule has 1 aromatic rings. The first-order valence-corrected chi connectivity index (χ1v) is 7.09. The number of carbonyl (C=O) groups is 2. The van der Waals surface area contributed by atoms with Crippen molar-refractivity contribution >= 4 is 17.5 Å². The topological polar surface area (TPSA) is 49.4 Å². The van der Waals surface area contributed by atoms with Crippen LogP contribution in [0.25, 0.3) is 0 Å². The van der Waals surface area contributed by atoms with Gasteiger partial charge in [0.15, 0.2) is 0 Å². The number of rotatable bonds is 1. The fraction of sp³-hybridized carbons (Fsp3) is 0.500. The largest absolute Gasteiger partial charge is 0.334 e. The van der Waals surface area contributed by atoms with Gasteiger partial charge in [-0.25, -0.2) is 0 Å². The molecule has 0 saturated carbocycles. The number of carbonyl (C=O) groups excluding carboxylic acids is 2. The van der Waals surface area contributed by atoms with Crippen molar-refractivity contribution in [3.63, 3.8) is 0 Å². The first-order chi connectivity index (χ1) is 9.39. The highest BCUT2D eigenvalue weighted by molar-refractivity contribution is 6.39. The normalized spacial score (nSPS) is 15.2. The van der Waals surface area contributed by atoms with Crippen LogP contribution in [0, 0.1) is 0 Å². The number of hydrogen-bond donors (Lipinski definition) is 1. The summed E-state index contributed by atoms with van der Waals surface area (Å²) >= 11 is 0. The Bertz CT molecular complexity index is 511. The van der Waals surface area contributed by atoms with Gasteiger partial charge in [-0.15, -0.1) is 0 Å². The molecular weight excluding hydrogens is 252 g/mol. The Kier molecular flexibility index (Phi) is 4.12.